The van der Waals surface area contributed by atoms with Crippen LogP contribution in [-0.2, 0) is 4.79 Å². The van der Waals surface area contributed by atoms with E-state index in [4.69, 9.17) is 15.2 Å². The van der Waals surface area contributed by atoms with E-state index < -0.39 is 0 Å². The van der Waals surface area contributed by atoms with Crippen LogP contribution in [-0.4, -0.2) is 29.5 Å². The number of anilines is 1. The van der Waals surface area contributed by atoms with E-state index in [1.807, 2.05) is 13.0 Å². The van der Waals surface area contributed by atoms with Crippen LogP contribution in [0.25, 0.3) is 0 Å². The monoisotopic (exact) mass is 288 g/mol. The molecule has 1 amide bonds. The van der Waals surface area contributed by atoms with Gasteiger partial charge < -0.3 is 20.5 Å². The Morgan fingerprint density at radius 1 is 1.33 bits per heavy atom. The van der Waals surface area contributed by atoms with E-state index in [2.05, 4.69) is 15.3 Å². The number of ether oxygens (including phenoxy) is 2. The molecule has 2 rings (SSSR count). The number of nitrogens with two attached hydrogens (primary N) is 1. The van der Waals surface area contributed by atoms with Crippen molar-refractivity contribution < 1.29 is 14.3 Å². The number of nitrogens with zero attached hydrogens (tertiary/aromatic N) is 2. The Bertz CT molecular complexity index is 646. The molecule has 0 fully saturated rings. The lowest BCUT2D eigenvalue weighted by atomic mass is 10.2. The number of hydrogen-bond acceptors (Lipinski definition) is 6. The number of nitrogens with one attached hydrogen (secondary N) is 1. The molecule has 1 aromatic heterocycles. The number of amides is 1. The van der Waals surface area contributed by atoms with E-state index in [0.717, 1.165) is 11.3 Å². The van der Waals surface area contributed by atoms with Crippen LogP contribution >= 0.6 is 0 Å². The summed E-state index contributed by atoms with van der Waals surface area (Å²) in [6.45, 7) is 1.82. The van der Waals surface area contributed by atoms with Crippen LogP contribution in [0.4, 0.5) is 5.82 Å². The van der Waals surface area contributed by atoms with Crippen molar-refractivity contribution in [2.45, 2.75) is 6.92 Å². The fraction of sp³-hybridized carbons (Fsp3) is 0.214. The van der Waals surface area contributed by atoms with E-state index in [9.17, 15) is 4.79 Å². The molecule has 0 radical (unpaired) electrons. The third-order valence-corrected chi connectivity index (χ3v) is 2.70. The molecule has 7 heteroatoms. The van der Waals surface area contributed by atoms with E-state index in [1.54, 1.807) is 19.2 Å². The Hall–Kier alpha value is -2.67. The molecule has 1 aromatic carbocycles. The van der Waals surface area contributed by atoms with Crippen molar-refractivity contribution in [3.63, 3.8) is 0 Å². The summed E-state index contributed by atoms with van der Waals surface area (Å²) in [6, 6.07) is 6.96. The summed E-state index contributed by atoms with van der Waals surface area (Å²) in [5.74, 6) is 1.60. The lowest BCUT2D eigenvalue weighted by Crippen LogP contribution is -2.22. The zero-order chi connectivity index (χ0) is 15.2. The first-order chi connectivity index (χ1) is 10.1. The quantitative estimate of drug-likeness (QED) is 0.864. The van der Waals surface area contributed by atoms with E-state index in [1.165, 1.54) is 12.4 Å². The van der Waals surface area contributed by atoms with Crippen LogP contribution in [0.3, 0.4) is 0 Å². The fourth-order valence-electron chi connectivity index (χ4n) is 1.64. The van der Waals surface area contributed by atoms with Crippen molar-refractivity contribution in [2.75, 3.05) is 19.0 Å². The molecule has 1 heterocycles. The lowest BCUT2D eigenvalue weighted by Gasteiger charge is -2.09. The first-order valence-electron chi connectivity index (χ1n) is 6.27. The molecule has 0 unspecified atom stereocenters. The van der Waals surface area contributed by atoms with Gasteiger partial charge in [0, 0.05) is 12.1 Å². The van der Waals surface area contributed by atoms with Gasteiger partial charge in [0.15, 0.2) is 0 Å². The summed E-state index contributed by atoms with van der Waals surface area (Å²) in [6.07, 6.45) is 1.30. The van der Waals surface area contributed by atoms with Gasteiger partial charge in [0.05, 0.1) is 13.7 Å². The molecule has 7 nitrogen and oxygen atoms in total. The third kappa shape index (κ3) is 3.90. The van der Waals surface area contributed by atoms with Crippen LogP contribution < -0.4 is 20.5 Å². The Labute approximate surface area is 122 Å². The van der Waals surface area contributed by atoms with Crippen LogP contribution in [0.1, 0.15) is 5.56 Å². The molecule has 0 atom stereocenters. The SMILES string of the molecule is COc1cc(Oc2cc(NC(=O)CN)ncn2)ccc1C. The maximum Gasteiger partial charge on any atom is 0.239 e. The average molecular weight is 288 g/mol. The van der Waals surface area contributed by atoms with Gasteiger partial charge >= 0.3 is 0 Å². The minimum absolute atomic E-state index is 0.116. The van der Waals surface area contributed by atoms with Gasteiger partial charge in [-0.15, -0.1) is 0 Å². The first-order valence-corrected chi connectivity index (χ1v) is 6.27. The van der Waals surface area contributed by atoms with E-state index >= 15 is 0 Å². The number of hydrogen-bond donors (Lipinski definition) is 2. The normalized spacial score (nSPS) is 10.0. The van der Waals surface area contributed by atoms with Gasteiger partial charge in [0.25, 0.3) is 0 Å². The van der Waals surface area contributed by atoms with Crippen LogP contribution in [0.5, 0.6) is 17.4 Å². The van der Waals surface area contributed by atoms with Crippen molar-refractivity contribution in [1.82, 2.24) is 9.97 Å². The van der Waals surface area contributed by atoms with Crippen LogP contribution in [0.2, 0.25) is 0 Å². The van der Waals surface area contributed by atoms with Crippen LogP contribution in [0, 0.1) is 6.92 Å². The van der Waals surface area contributed by atoms with Gasteiger partial charge in [0.2, 0.25) is 11.8 Å². The molecular weight excluding hydrogens is 272 g/mol. The predicted molar refractivity (Wildman–Crippen MR) is 77.5 cm³/mol. The Morgan fingerprint density at radius 3 is 2.86 bits per heavy atom. The van der Waals surface area contributed by atoms with E-state index in [0.29, 0.717) is 17.4 Å². The highest BCUT2D eigenvalue weighted by molar-refractivity contribution is 5.91. The number of carbonyl (C=O) groups is 1. The summed E-state index contributed by atoms with van der Waals surface area (Å²) >= 11 is 0. The maximum atomic E-state index is 11.2. The standard InChI is InChI=1S/C14H16N4O3/c1-9-3-4-10(5-11(9)20-2)21-14-6-12(16-8-17-14)18-13(19)7-15/h3-6,8H,7,15H2,1-2H3,(H,16,17,18,19). The third-order valence-electron chi connectivity index (χ3n) is 2.70. The lowest BCUT2D eigenvalue weighted by molar-refractivity contribution is -0.114. The Kier molecular flexibility index (Phi) is 4.68. The minimum Gasteiger partial charge on any atom is -0.496 e. The number of aryl methyl sites for hydroxylation is 1. The van der Waals surface area contributed by atoms with Crippen molar-refractivity contribution in [1.29, 1.82) is 0 Å². The number of rotatable bonds is 5. The second-order valence-electron chi connectivity index (χ2n) is 4.23. The van der Waals surface area contributed by atoms with Crippen molar-refractivity contribution in [2.24, 2.45) is 5.73 Å². The molecule has 0 saturated heterocycles. The number of aromatic nitrogens is 2. The smallest absolute Gasteiger partial charge is 0.239 e. The number of benzene rings is 1. The molecule has 0 bridgehead atoms. The van der Waals surface area contributed by atoms with Crippen molar-refractivity contribution >= 4 is 11.7 Å². The highest BCUT2D eigenvalue weighted by atomic mass is 16.5. The minimum atomic E-state index is -0.336. The second kappa shape index (κ2) is 6.67. The predicted octanol–water partition coefficient (Wildman–Crippen LogP) is 1.48. The van der Waals surface area contributed by atoms with Crippen LogP contribution in [0.15, 0.2) is 30.6 Å². The fourth-order valence-corrected chi connectivity index (χ4v) is 1.64. The van der Waals surface area contributed by atoms with Crippen molar-refractivity contribution in [3.8, 4) is 17.4 Å². The molecule has 110 valence electrons. The summed E-state index contributed by atoms with van der Waals surface area (Å²) in [5, 5.41) is 2.53. The second-order valence-corrected chi connectivity index (χ2v) is 4.23. The summed E-state index contributed by atoms with van der Waals surface area (Å²) in [5.41, 5.74) is 6.23. The summed E-state index contributed by atoms with van der Waals surface area (Å²) < 4.78 is 10.8. The zero-order valence-electron chi connectivity index (χ0n) is 11.8. The number of methoxy groups -OCH3 is 1. The highest BCUT2D eigenvalue weighted by Crippen LogP contribution is 2.27. The maximum absolute atomic E-state index is 11.2. The van der Waals surface area contributed by atoms with Gasteiger partial charge in [-0.25, -0.2) is 9.97 Å². The molecule has 3 N–H and O–H groups in total. The summed E-state index contributed by atoms with van der Waals surface area (Å²) in [4.78, 5) is 19.1. The number of carbonyl (C=O) groups excluding carboxylic acids is 1. The zero-order valence-corrected chi connectivity index (χ0v) is 11.8. The van der Waals surface area contributed by atoms with Gasteiger partial charge in [-0.1, -0.05) is 6.07 Å². The topological polar surface area (TPSA) is 99.4 Å². The molecular formula is C14H16N4O3. The largest absolute Gasteiger partial charge is 0.496 e. The van der Waals surface area contributed by atoms with Gasteiger partial charge in [-0.2, -0.15) is 0 Å². The van der Waals surface area contributed by atoms with Gasteiger partial charge in [-0.3, -0.25) is 4.79 Å². The van der Waals surface area contributed by atoms with Gasteiger partial charge in [-0.05, 0) is 18.6 Å². The Morgan fingerprint density at radius 2 is 2.14 bits per heavy atom. The Balaban J connectivity index is 2.16. The summed E-state index contributed by atoms with van der Waals surface area (Å²) in [7, 11) is 1.59. The molecule has 0 aliphatic carbocycles. The van der Waals surface area contributed by atoms with Crippen molar-refractivity contribution in [3.05, 3.63) is 36.2 Å². The van der Waals surface area contributed by atoms with E-state index in [-0.39, 0.29) is 12.5 Å². The molecule has 21 heavy (non-hydrogen) atoms. The van der Waals surface area contributed by atoms with Gasteiger partial charge in [0.1, 0.15) is 23.6 Å². The average Bonchev–Trinajstić information content (AvgIpc) is 2.49. The molecule has 2 aromatic rings. The molecule has 0 spiro atoms. The molecule has 0 saturated carbocycles. The molecule has 0 aliphatic heterocycles. The highest BCUT2D eigenvalue weighted by Gasteiger charge is 2.06. The first kappa shape index (κ1) is 14.7. The molecule has 0 aliphatic rings.